The van der Waals surface area contributed by atoms with Crippen LogP contribution in [0.5, 0.6) is 0 Å². The number of rotatable bonds is 9. The summed E-state index contributed by atoms with van der Waals surface area (Å²) in [6.07, 6.45) is 6.19. The van der Waals surface area contributed by atoms with Crippen LogP contribution in [0.15, 0.2) is 53.0 Å². The molecule has 1 saturated carbocycles. The molecule has 2 aromatic carbocycles. The van der Waals surface area contributed by atoms with Crippen molar-refractivity contribution in [1.29, 1.82) is 0 Å². The maximum atomic E-state index is 13.6. The van der Waals surface area contributed by atoms with Crippen molar-refractivity contribution >= 4 is 55.1 Å². The van der Waals surface area contributed by atoms with E-state index in [4.69, 9.17) is 11.6 Å². The number of nitrogens with one attached hydrogen (secondary N) is 1. The Hall–Kier alpha value is -2.10. The molecule has 35 heavy (non-hydrogen) atoms. The number of anilines is 1. The van der Waals surface area contributed by atoms with Crippen LogP contribution in [0.4, 0.5) is 5.69 Å². The Morgan fingerprint density at radius 3 is 2.31 bits per heavy atom. The summed E-state index contributed by atoms with van der Waals surface area (Å²) in [5, 5.41) is 3.54. The first-order valence-electron chi connectivity index (χ1n) is 11.6. The molecule has 3 rings (SSSR count). The topological polar surface area (TPSA) is 86.8 Å². The zero-order valence-corrected chi connectivity index (χ0v) is 23.1. The van der Waals surface area contributed by atoms with E-state index in [1.54, 1.807) is 55.5 Å². The number of halogens is 2. The minimum absolute atomic E-state index is 0.0791. The van der Waals surface area contributed by atoms with Gasteiger partial charge in [0.15, 0.2) is 0 Å². The van der Waals surface area contributed by atoms with Crippen molar-refractivity contribution in [2.45, 2.75) is 57.7 Å². The molecule has 0 bridgehead atoms. The molecule has 0 spiro atoms. The molecule has 10 heteroatoms. The molecule has 0 heterocycles. The van der Waals surface area contributed by atoms with E-state index in [-0.39, 0.29) is 18.5 Å². The van der Waals surface area contributed by atoms with E-state index in [0.717, 1.165) is 47.1 Å². The molecule has 1 aliphatic rings. The smallest absolute Gasteiger partial charge is 0.244 e. The summed E-state index contributed by atoms with van der Waals surface area (Å²) in [5.74, 6) is -0.753. The first-order chi connectivity index (χ1) is 16.6. The van der Waals surface area contributed by atoms with Gasteiger partial charge in [0, 0.05) is 22.1 Å². The molecule has 1 aliphatic carbocycles. The molecule has 1 atom stereocenters. The second kappa shape index (κ2) is 12.2. The Morgan fingerprint density at radius 2 is 1.71 bits per heavy atom. The first kappa shape index (κ1) is 27.5. The zero-order valence-electron chi connectivity index (χ0n) is 19.9. The number of carbonyl (C=O) groups excluding carboxylic acids is 2. The molecule has 1 fully saturated rings. The number of sulfonamides is 1. The van der Waals surface area contributed by atoms with Gasteiger partial charge < -0.3 is 10.2 Å². The fourth-order valence-corrected chi connectivity index (χ4v) is 5.49. The van der Waals surface area contributed by atoms with Gasteiger partial charge in [0.2, 0.25) is 21.8 Å². The van der Waals surface area contributed by atoms with Crippen LogP contribution in [-0.2, 0) is 26.2 Å². The molecular weight excluding hydrogens is 554 g/mol. The number of hydrogen-bond acceptors (Lipinski definition) is 4. The Morgan fingerprint density at radius 1 is 1.09 bits per heavy atom. The molecular formula is C25H31BrClN3O4S. The summed E-state index contributed by atoms with van der Waals surface area (Å²) < 4.78 is 27.0. The van der Waals surface area contributed by atoms with Crippen molar-refractivity contribution in [3.05, 3.63) is 63.6 Å². The van der Waals surface area contributed by atoms with Gasteiger partial charge in [0.05, 0.1) is 11.9 Å². The van der Waals surface area contributed by atoms with Gasteiger partial charge in [-0.3, -0.25) is 13.9 Å². The fraction of sp³-hybridized carbons (Fsp3) is 0.440. The van der Waals surface area contributed by atoms with E-state index in [1.807, 2.05) is 0 Å². The minimum atomic E-state index is -3.77. The van der Waals surface area contributed by atoms with Crippen LogP contribution in [0.1, 0.15) is 44.6 Å². The van der Waals surface area contributed by atoms with E-state index in [1.165, 1.54) is 4.90 Å². The van der Waals surface area contributed by atoms with Crippen LogP contribution in [0, 0.1) is 0 Å². The normalized spacial score (nSPS) is 15.3. The Bertz CT molecular complexity index is 1140. The lowest BCUT2D eigenvalue weighted by Gasteiger charge is -2.33. The second-order valence-electron chi connectivity index (χ2n) is 8.88. The quantitative estimate of drug-likeness (QED) is 0.462. The van der Waals surface area contributed by atoms with Crippen molar-refractivity contribution < 1.29 is 18.0 Å². The predicted octanol–water partition coefficient (Wildman–Crippen LogP) is 4.73. The third-order valence-electron chi connectivity index (χ3n) is 6.21. The van der Waals surface area contributed by atoms with E-state index in [9.17, 15) is 18.0 Å². The molecule has 2 amide bonds. The van der Waals surface area contributed by atoms with Crippen molar-refractivity contribution in [3.8, 4) is 0 Å². The maximum absolute atomic E-state index is 13.6. The lowest BCUT2D eigenvalue weighted by atomic mass is 9.95. The molecule has 7 nitrogen and oxygen atoms in total. The largest absolute Gasteiger partial charge is 0.352 e. The molecule has 0 saturated heterocycles. The minimum Gasteiger partial charge on any atom is -0.352 e. The number of amides is 2. The SMILES string of the molecule is C[C@H](C(=O)NC1CCCCC1)N(Cc1ccccc1Cl)C(=O)CN(c1ccc(Br)cc1)S(C)(=O)=O. The number of hydrogen-bond donors (Lipinski definition) is 1. The zero-order chi connectivity index (χ0) is 25.6. The monoisotopic (exact) mass is 583 g/mol. The van der Waals surface area contributed by atoms with Gasteiger partial charge in [-0.05, 0) is 55.7 Å². The van der Waals surface area contributed by atoms with Crippen LogP contribution in [-0.4, -0.2) is 50.0 Å². The third-order valence-corrected chi connectivity index (χ3v) is 8.25. The van der Waals surface area contributed by atoms with E-state index in [0.29, 0.717) is 16.3 Å². The van der Waals surface area contributed by atoms with Crippen molar-refractivity contribution in [2.75, 3.05) is 17.1 Å². The second-order valence-corrected chi connectivity index (χ2v) is 12.1. The van der Waals surface area contributed by atoms with Gasteiger partial charge in [-0.15, -0.1) is 0 Å². The maximum Gasteiger partial charge on any atom is 0.244 e. The van der Waals surface area contributed by atoms with Crippen molar-refractivity contribution in [1.82, 2.24) is 10.2 Å². The number of carbonyl (C=O) groups is 2. The molecule has 0 aromatic heterocycles. The van der Waals surface area contributed by atoms with Crippen LogP contribution in [0.25, 0.3) is 0 Å². The van der Waals surface area contributed by atoms with E-state index >= 15 is 0 Å². The highest BCUT2D eigenvalue weighted by Crippen LogP contribution is 2.23. The average Bonchev–Trinajstić information content (AvgIpc) is 2.82. The molecule has 0 aliphatic heterocycles. The molecule has 0 radical (unpaired) electrons. The summed E-state index contributed by atoms with van der Waals surface area (Å²) in [6.45, 7) is 1.30. The van der Waals surface area contributed by atoms with Gasteiger partial charge >= 0.3 is 0 Å². The lowest BCUT2D eigenvalue weighted by molar-refractivity contribution is -0.139. The van der Waals surface area contributed by atoms with Gasteiger partial charge in [-0.25, -0.2) is 8.42 Å². The van der Waals surface area contributed by atoms with Crippen molar-refractivity contribution in [2.24, 2.45) is 0 Å². The number of nitrogens with zero attached hydrogens (tertiary/aromatic N) is 2. The standard InChI is InChI=1S/C25H31BrClN3O4S/c1-18(25(32)28-21-9-4-3-5-10-21)29(16-19-8-6-7-11-23(19)27)24(31)17-30(35(2,33)34)22-14-12-20(26)13-15-22/h6-8,11-15,18,21H,3-5,9-10,16-17H2,1-2H3,(H,28,32)/t18-/m1/s1. The highest BCUT2D eigenvalue weighted by molar-refractivity contribution is 9.10. The van der Waals surface area contributed by atoms with E-state index < -0.39 is 28.5 Å². The molecule has 2 aromatic rings. The fourth-order valence-electron chi connectivity index (χ4n) is 4.18. The van der Waals surface area contributed by atoms with Crippen LogP contribution >= 0.6 is 27.5 Å². The number of benzene rings is 2. The highest BCUT2D eigenvalue weighted by atomic mass is 79.9. The Kier molecular flexibility index (Phi) is 9.61. The molecule has 0 unspecified atom stereocenters. The lowest BCUT2D eigenvalue weighted by Crippen LogP contribution is -2.53. The van der Waals surface area contributed by atoms with Crippen LogP contribution in [0.3, 0.4) is 0 Å². The summed E-state index contributed by atoms with van der Waals surface area (Å²) >= 11 is 9.69. The van der Waals surface area contributed by atoms with Crippen LogP contribution < -0.4 is 9.62 Å². The summed E-state index contributed by atoms with van der Waals surface area (Å²) in [4.78, 5) is 28.1. The van der Waals surface area contributed by atoms with Crippen LogP contribution in [0.2, 0.25) is 5.02 Å². The van der Waals surface area contributed by atoms with Gasteiger partial charge in [-0.1, -0.05) is 65.0 Å². The molecule has 1 N–H and O–H groups in total. The highest BCUT2D eigenvalue weighted by Gasteiger charge is 2.31. The van der Waals surface area contributed by atoms with Gasteiger partial charge in [-0.2, -0.15) is 0 Å². The summed E-state index contributed by atoms with van der Waals surface area (Å²) in [5.41, 5.74) is 1.04. The van der Waals surface area contributed by atoms with Gasteiger partial charge in [0.1, 0.15) is 12.6 Å². The van der Waals surface area contributed by atoms with E-state index in [2.05, 4.69) is 21.2 Å². The summed E-state index contributed by atoms with van der Waals surface area (Å²) in [6, 6.07) is 13.0. The van der Waals surface area contributed by atoms with Gasteiger partial charge in [0.25, 0.3) is 0 Å². The first-order valence-corrected chi connectivity index (χ1v) is 14.6. The third kappa shape index (κ3) is 7.69. The summed E-state index contributed by atoms with van der Waals surface area (Å²) in [7, 11) is -3.77. The van der Waals surface area contributed by atoms with Crippen molar-refractivity contribution in [3.63, 3.8) is 0 Å². The predicted molar refractivity (Wildman–Crippen MR) is 143 cm³/mol. The Labute approximate surface area is 221 Å². The average molecular weight is 585 g/mol. The molecule has 190 valence electrons. The Balaban J connectivity index is 1.87.